The number of hydrogen-bond acceptors (Lipinski definition) is 5. The van der Waals surface area contributed by atoms with Crippen LogP contribution in [0.15, 0.2) is 30.6 Å². The Morgan fingerprint density at radius 1 is 1.25 bits per heavy atom. The van der Waals surface area contributed by atoms with Gasteiger partial charge in [0, 0.05) is 50.1 Å². The number of pyridine rings is 2. The summed E-state index contributed by atoms with van der Waals surface area (Å²) < 4.78 is 4.92. The van der Waals surface area contributed by atoms with E-state index in [2.05, 4.69) is 4.98 Å². The summed E-state index contributed by atoms with van der Waals surface area (Å²) in [6.07, 6.45) is 4.71. The van der Waals surface area contributed by atoms with Gasteiger partial charge in [-0.3, -0.25) is 14.8 Å². The molecule has 1 aliphatic rings. The number of methoxy groups -OCH3 is 1. The molecule has 0 saturated carbocycles. The van der Waals surface area contributed by atoms with Crippen molar-refractivity contribution in [2.75, 3.05) is 20.2 Å². The molecule has 0 N–H and O–H groups in total. The largest absolute Gasteiger partial charge is 0.465 e. The molecule has 2 aromatic heterocycles. The molecule has 1 amide bonds. The predicted molar refractivity (Wildman–Crippen MR) is 88.5 cm³/mol. The van der Waals surface area contributed by atoms with Gasteiger partial charge in [-0.2, -0.15) is 0 Å². The van der Waals surface area contributed by atoms with Gasteiger partial charge < -0.3 is 9.64 Å². The second-order valence-electron chi connectivity index (χ2n) is 5.73. The lowest BCUT2D eigenvalue weighted by molar-refractivity contribution is -0.128. The molecule has 2 aromatic rings. The zero-order valence-electron chi connectivity index (χ0n) is 13.8. The van der Waals surface area contributed by atoms with Gasteiger partial charge in [0.15, 0.2) is 0 Å². The van der Waals surface area contributed by atoms with E-state index < -0.39 is 5.97 Å². The summed E-state index contributed by atoms with van der Waals surface area (Å²) in [5, 5.41) is 0. The Balaban J connectivity index is 2.07. The Morgan fingerprint density at radius 3 is 2.71 bits per heavy atom. The van der Waals surface area contributed by atoms with Gasteiger partial charge in [0.1, 0.15) is 0 Å². The first-order chi connectivity index (χ1) is 11.6. The Labute approximate surface area is 140 Å². The van der Waals surface area contributed by atoms with Crippen LogP contribution in [-0.2, 0) is 22.4 Å². The number of amides is 1. The number of carbonyl (C=O) groups excluding carboxylic acids is 2. The molecule has 124 valence electrons. The molecule has 0 bridgehead atoms. The number of ether oxygens (including phenoxy) is 1. The van der Waals surface area contributed by atoms with E-state index in [0.717, 1.165) is 16.8 Å². The summed E-state index contributed by atoms with van der Waals surface area (Å²) in [5.41, 5.74) is 3.69. The molecule has 0 unspecified atom stereocenters. The number of carbonyl (C=O) groups is 2. The van der Waals surface area contributed by atoms with Crippen molar-refractivity contribution >= 4 is 11.9 Å². The number of nitrogens with zero attached hydrogens (tertiary/aromatic N) is 3. The van der Waals surface area contributed by atoms with E-state index in [1.807, 2.05) is 17.0 Å². The van der Waals surface area contributed by atoms with Crippen LogP contribution in [-0.4, -0.2) is 46.9 Å². The van der Waals surface area contributed by atoms with E-state index in [4.69, 9.17) is 9.72 Å². The fraction of sp³-hybridized carbons (Fsp3) is 0.333. The maximum atomic E-state index is 12.2. The maximum Gasteiger partial charge on any atom is 0.340 e. The van der Waals surface area contributed by atoms with Crippen LogP contribution in [0.2, 0.25) is 0 Å². The predicted octanol–water partition coefficient (Wildman–Crippen LogP) is 1.88. The lowest BCUT2D eigenvalue weighted by Gasteiger charge is -2.17. The first-order valence-corrected chi connectivity index (χ1v) is 7.87. The lowest BCUT2D eigenvalue weighted by atomic mass is 10.0. The van der Waals surface area contributed by atoms with Crippen molar-refractivity contribution in [2.45, 2.75) is 19.8 Å². The molecule has 6 heteroatoms. The van der Waals surface area contributed by atoms with Gasteiger partial charge >= 0.3 is 5.97 Å². The number of fused-ring (bicyclic) bond motifs is 1. The molecular formula is C18H19N3O3. The van der Waals surface area contributed by atoms with Crippen LogP contribution in [0.25, 0.3) is 11.3 Å². The third-order valence-electron chi connectivity index (χ3n) is 4.25. The zero-order valence-corrected chi connectivity index (χ0v) is 13.8. The van der Waals surface area contributed by atoms with Crippen molar-refractivity contribution in [2.24, 2.45) is 0 Å². The molecular weight excluding hydrogens is 306 g/mol. The minimum absolute atomic E-state index is 0.0588. The standard InChI is InChI=1S/C18H19N3O3/c1-12(22)21-8-5-13-10-15(18(23)24-2)17(20-16(13)6-9-21)14-4-3-7-19-11-14/h3-4,7,10-11H,5-6,8-9H2,1-2H3. The summed E-state index contributed by atoms with van der Waals surface area (Å²) in [7, 11) is 1.36. The van der Waals surface area contributed by atoms with Gasteiger partial charge in [0.2, 0.25) is 5.91 Å². The van der Waals surface area contributed by atoms with Gasteiger partial charge in [-0.05, 0) is 30.2 Å². The van der Waals surface area contributed by atoms with Gasteiger partial charge in [-0.25, -0.2) is 4.79 Å². The highest BCUT2D eigenvalue weighted by atomic mass is 16.5. The van der Waals surface area contributed by atoms with E-state index in [0.29, 0.717) is 37.2 Å². The molecule has 0 saturated heterocycles. The molecule has 0 aromatic carbocycles. The fourth-order valence-electron chi connectivity index (χ4n) is 2.94. The number of hydrogen-bond donors (Lipinski definition) is 0. The molecule has 0 fully saturated rings. The van der Waals surface area contributed by atoms with E-state index in [-0.39, 0.29) is 5.91 Å². The highest BCUT2D eigenvalue weighted by Crippen LogP contribution is 2.26. The average molecular weight is 325 g/mol. The van der Waals surface area contributed by atoms with Crippen molar-refractivity contribution in [1.82, 2.24) is 14.9 Å². The summed E-state index contributed by atoms with van der Waals surface area (Å²) >= 11 is 0. The van der Waals surface area contributed by atoms with Crippen LogP contribution in [0.5, 0.6) is 0 Å². The average Bonchev–Trinajstić information content (AvgIpc) is 2.82. The minimum atomic E-state index is -0.420. The third-order valence-corrected chi connectivity index (χ3v) is 4.25. The lowest BCUT2D eigenvalue weighted by Crippen LogP contribution is -2.30. The molecule has 0 atom stereocenters. The van der Waals surface area contributed by atoms with E-state index in [1.165, 1.54) is 7.11 Å². The van der Waals surface area contributed by atoms with Crippen LogP contribution in [0, 0.1) is 0 Å². The molecule has 0 radical (unpaired) electrons. The second kappa shape index (κ2) is 6.78. The molecule has 1 aliphatic heterocycles. The van der Waals surface area contributed by atoms with Gasteiger partial charge in [-0.1, -0.05) is 0 Å². The smallest absolute Gasteiger partial charge is 0.340 e. The van der Waals surface area contributed by atoms with Gasteiger partial charge in [-0.15, -0.1) is 0 Å². The van der Waals surface area contributed by atoms with Crippen LogP contribution >= 0.6 is 0 Å². The van der Waals surface area contributed by atoms with E-state index >= 15 is 0 Å². The van der Waals surface area contributed by atoms with Crippen molar-refractivity contribution in [3.63, 3.8) is 0 Å². The first kappa shape index (κ1) is 16.1. The topological polar surface area (TPSA) is 72.4 Å². The molecule has 3 rings (SSSR count). The summed E-state index contributed by atoms with van der Waals surface area (Å²) in [6, 6.07) is 5.52. The molecule has 0 aliphatic carbocycles. The van der Waals surface area contributed by atoms with Gasteiger partial charge in [0.05, 0.1) is 18.4 Å². The number of rotatable bonds is 2. The van der Waals surface area contributed by atoms with Gasteiger partial charge in [0.25, 0.3) is 0 Å². The SMILES string of the molecule is COC(=O)c1cc2c(nc1-c1cccnc1)CCN(C(C)=O)CC2. The highest BCUT2D eigenvalue weighted by Gasteiger charge is 2.22. The van der Waals surface area contributed by atoms with Crippen LogP contribution < -0.4 is 0 Å². The molecule has 3 heterocycles. The highest BCUT2D eigenvalue weighted by molar-refractivity contribution is 5.96. The normalized spacial score (nSPS) is 13.8. The zero-order chi connectivity index (χ0) is 17.1. The van der Waals surface area contributed by atoms with Crippen molar-refractivity contribution in [3.8, 4) is 11.3 Å². The van der Waals surface area contributed by atoms with Crippen molar-refractivity contribution in [1.29, 1.82) is 0 Å². The first-order valence-electron chi connectivity index (χ1n) is 7.87. The summed E-state index contributed by atoms with van der Waals surface area (Å²) in [5.74, 6) is -0.361. The summed E-state index contributed by atoms with van der Waals surface area (Å²) in [6.45, 7) is 2.85. The fourth-order valence-corrected chi connectivity index (χ4v) is 2.94. The quantitative estimate of drug-likeness (QED) is 0.788. The second-order valence-corrected chi connectivity index (χ2v) is 5.73. The minimum Gasteiger partial charge on any atom is -0.465 e. The Bertz CT molecular complexity index is 775. The molecule has 24 heavy (non-hydrogen) atoms. The molecule has 0 spiro atoms. The van der Waals surface area contributed by atoms with Crippen LogP contribution in [0.4, 0.5) is 0 Å². The van der Waals surface area contributed by atoms with Crippen LogP contribution in [0.3, 0.4) is 0 Å². The van der Waals surface area contributed by atoms with Crippen LogP contribution in [0.1, 0.15) is 28.5 Å². The maximum absolute atomic E-state index is 12.2. The Morgan fingerprint density at radius 2 is 2.04 bits per heavy atom. The Hall–Kier alpha value is -2.76. The third kappa shape index (κ3) is 3.13. The van der Waals surface area contributed by atoms with E-state index in [1.54, 1.807) is 25.4 Å². The number of esters is 1. The molecule has 6 nitrogen and oxygen atoms in total. The summed E-state index contributed by atoms with van der Waals surface area (Å²) in [4.78, 5) is 34.5. The number of aromatic nitrogens is 2. The monoisotopic (exact) mass is 325 g/mol. The van der Waals surface area contributed by atoms with Crippen molar-refractivity contribution < 1.29 is 14.3 Å². The van der Waals surface area contributed by atoms with Crippen molar-refractivity contribution in [3.05, 3.63) is 47.4 Å². The van der Waals surface area contributed by atoms with E-state index in [9.17, 15) is 9.59 Å². The Kier molecular flexibility index (Phi) is 4.55.